The second-order valence-electron chi connectivity index (χ2n) is 8.36. The van der Waals surface area contributed by atoms with Crippen molar-refractivity contribution in [1.29, 1.82) is 0 Å². The number of pyridine rings is 1. The van der Waals surface area contributed by atoms with Crippen LogP contribution in [-0.4, -0.2) is 57.1 Å². The third-order valence-electron chi connectivity index (χ3n) is 5.98. The highest BCUT2D eigenvalue weighted by atomic mass is 32.2. The maximum atomic E-state index is 13.6. The van der Waals surface area contributed by atoms with Crippen LogP contribution in [0, 0.1) is 6.92 Å². The number of rotatable bonds is 10. The molecule has 11 nitrogen and oxygen atoms in total. The molecule has 2 aromatic heterocycles. The molecule has 0 bridgehead atoms. The zero-order chi connectivity index (χ0) is 28.1. The van der Waals surface area contributed by atoms with Crippen molar-refractivity contribution in [1.82, 2.24) is 14.5 Å². The van der Waals surface area contributed by atoms with E-state index in [9.17, 15) is 18.9 Å². The number of esters is 2. The number of hydrogen-bond acceptors (Lipinski definition) is 10. The Kier molecular flexibility index (Phi) is 8.57. The van der Waals surface area contributed by atoms with Crippen LogP contribution in [0.5, 0.6) is 11.5 Å². The molecule has 1 unspecified atom stereocenters. The quantitative estimate of drug-likeness (QED) is 0.292. The van der Waals surface area contributed by atoms with Crippen LogP contribution in [0.4, 0.5) is 0 Å². The van der Waals surface area contributed by atoms with Crippen LogP contribution in [0.3, 0.4) is 0 Å². The highest BCUT2D eigenvalue weighted by Crippen LogP contribution is 2.31. The van der Waals surface area contributed by atoms with Crippen molar-refractivity contribution >= 4 is 33.8 Å². The van der Waals surface area contributed by atoms with Crippen LogP contribution in [0.15, 0.2) is 59.9 Å². The molecule has 2 atom stereocenters. The van der Waals surface area contributed by atoms with Gasteiger partial charge in [-0.1, -0.05) is 30.3 Å². The van der Waals surface area contributed by atoms with E-state index < -0.39 is 35.6 Å². The molecule has 4 rings (SSSR count). The summed E-state index contributed by atoms with van der Waals surface area (Å²) < 4.78 is 36.1. The van der Waals surface area contributed by atoms with E-state index in [4.69, 9.17) is 18.9 Å². The first-order chi connectivity index (χ1) is 18.8. The van der Waals surface area contributed by atoms with Gasteiger partial charge in [-0.3, -0.25) is 13.8 Å². The number of benzene rings is 2. The first kappa shape index (κ1) is 27.7. The largest absolute Gasteiger partial charge is 0.493 e. The van der Waals surface area contributed by atoms with Crippen molar-refractivity contribution in [2.24, 2.45) is 0 Å². The second kappa shape index (κ2) is 12.0. The van der Waals surface area contributed by atoms with Crippen molar-refractivity contribution in [2.75, 3.05) is 21.3 Å². The SMILES string of the molecule is COC(=O)c1cc2c(cc1C)nc(S(=O)Cc1nccc(OC)c1OC)n2COC(=O)[C@H](O)c1ccccc1. The van der Waals surface area contributed by atoms with E-state index >= 15 is 0 Å². The molecule has 2 heterocycles. The average molecular weight is 554 g/mol. The Balaban J connectivity index is 1.73. The van der Waals surface area contributed by atoms with Gasteiger partial charge in [-0.25, -0.2) is 14.6 Å². The van der Waals surface area contributed by atoms with Gasteiger partial charge in [0.15, 0.2) is 24.3 Å². The summed E-state index contributed by atoms with van der Waals surface area (Å²) in [5.41, 5.74) is 2.42. The van der Waals surface area contributed by atoms with Crippen LogP contribution in [0.25, 0.3) is 11.0 Å². The zero-order valence-electron chi connectivity index (χ0n) is 21.7. The van der Waals surface area contributed by atoms with Crippen molar-refractivity contribution in [3.8, 4) is 11.5 Å². The lowest BCUT2D eigenvalue weighted by atomic mass is 10.1. The third-order valence-corrected chi connectivity index (χ3v) is 7.23. The van der Waals surface area contributed by atoms with E-state index in [2.05, 4.69) is 9.97 Å². The van der Waals surface area contributed by atoms with Gasteiger partial charge in [0.25, 0.3) is 0 Å². The number of hydrogen-bond donors (Lipinski definition) is 1. The Morgan fingerprint density at radius 1 is 1.08 bits per heavy atom. The lowest BCUT2D eigenvalue weighted by Crippen LogP contribution is -2.19. The first-order valence-electron chi connectivity index (χ1n) is 11.7. The first-order valence-corrected chi connectivity index (χ1v) is 13.0. The van der Waals surface area contributed by atoms with E-state index in [1.54, 1.807) is 49.4 Å². The monoisotopic (exact) mass is 553 g/mol. The minimum absolute atomic E-state index is 0.0695. The van der Waals surface area contributed by atoms with Gasteiger partial charge in [0.05, 0.1) is 60.2 Å². The fourth-order valence-corrected chi connectivity index (χ4v) is 5.18. The number of fused-ring (bicyclic) bond motifs is 1. The minimum Gasteiger partial charge on any atom is -0.493 e. The van der Waals surface area contributed by atoms with E-state index in [-0.39, 0.29) is 16.5 Å². The summed E-state index contributed by atoms with van der Waals surface area (Å²) >= 11 is 0. The van der Waals surface area contributed by atoms with Gasteiger partial charge in [-0.05, 0) is 30.2 Å². The number of methoxy groups -OCH3 is 3. The fraction of sp³-hybridized carbons (Fsp3) is 0.259. The highest BCUT2D eigenvalue weighted by Gasteiger charge is 2.25. The Hall–Kier alpha value is -4.29. The molecule has 0 saturated heterocycles. The number of aliphatic hydroxyl groups is 1. The van der Waals surface area contributed by atoms with E-state index in [0.717, 1.165) is 0 Å². The summed E-state index contributed by atoms with van der Waals surface area (Å²) in [7, 11) is 2.40. The molecule has 39 heavy (non-hydrogen) atoms. The van der Waals surface area contributed by atoms with Gasteiger partial charge in [-0.2, -0.15) is 0 Å². The molecule has 0 saturated carbocycles. The summed E-state index contributed by atoms with van der Waals surface area (Å²) in [5.74, 6) is -0.803. The molecule has 0 aliphatic carbocycles. The van der Waals surface area contributed by atoms with E-state index in [1.807, 2.05) is 0 Å². The second-order valence-corrected chi connectivity index (χ2v) is 9.70. The number of imidazole rings is 1. The predicted molar refractivity (Wildman–Crippen MR) is 141 cm³/mol. The molecule has 1 N–H and O–H groups in total. The predicted octanol–water partition coefficient (Wildman–Crippen LogP) is 3.09. The molecular formula is C27H27N3O8S. The molecule has 4 aromatic rings. The Bertz CT molecular complexity index is 1540. The maximum Gasteiger partial charge on any atom is 0.341 e. The lowest BCUT2D eigenvalue weighted by Gasteiger charge is -2.14. The van der Waals surface area contributed by atoms with Crippen LogP contribution >= 0.6 is 0 Å². The topological polar surface area (TPSA) is 139 Å². The molecule has 0 fully saturated rings. The summed E-state index contributed by atoms with van der Waals surface area (Å²) in [6.45, 7) is 1.30. The van der Waals surface area contributed by atoms with Crippen LogP contribution in [0.1, 0.15) is 33.3 Å². The number of nitrogens with zero attached hydrogens (tertiary/aromatic N) is 3. The average Bonchev–Trinajstić information content (AvgIpc) is 3.31. The minimum atomic E-state index is -1.80. The lowest BCUT2D eigenvalue weighted by molar-refractivity contribution is -0.158. The molecule has 0 radical (unpaired) electrons. The zero-order valence-corrected chi connectivity index (χ0v) is 22.6. The van der Waals surface area contributed by atoms with Crippen molar-refractivity contribution in [3.63, 3.8) is 0 Å². The fourth-order valence-electron chi connectivity index (χ4n) is 4.00. The normalized spacial score (nSPS) is 12.5. The number of aryl methyl sites for hydroxylation is 1. The molecule has 2 aromatic carbocycles. The number of carbonyl (C=O) groups is 2. The number of aliphatic hydroxyl groups excluding tert-OH is 1. The molecule has 0 aliphatic heterocycles. The highest BCUT2D eigenvalue weighted by molar-refractivity contribution is 7.84. The Morgan fingerprint density at radius 2 is 1.82 bits per heavy atom. The van der Waals surface area contributed by atoms with E-state index in [0.29, 0.717) is 39.4 Å². The molecule has 0 amide bonds. The maximum absolute atomic E-state index is 13.6. The number of carbonyl (C=O) groups excluding carboxylic acids is 2. The van der Waals surface area contributed by atoms with Gasteiger partial charge in [-0.15, -0.1) is 0 Å². The molecular weight excluding hydrogens is 526 g/mol. The van der Waals surface area contributed by atoms with Crippen LogP contribution in [0.2, 0.25) is 0 Å². The summed E-state index contributed by atoms with van der Waals surface area (Å²) in [6.07, 6.45) is -0.0108. The van der Waals surface area contributed by atoms with Crippen LogP contribution < -0.4 is 9.47 Å². The number of ether oxygens (including phenoxy) is 4. The molecule has 0 aliphatic rings. The summed E-state index contributed by atoms with van der Waals surface area (Å²) in [5, 5.41) is 10.5. The standard InChI is InChI=1S/C27H27N3O8S/c1-16-12-19-21(13-18(16)25(32)37-4)30(15-38-26(33)23(31)17-8-6-5-7-9-17)27(29-19)39(34)14-20-24(36-3)22(35-2)10-11-28-20/h5-13,23,31H,14-15H2,1-4H3/t23-,39?/m1/s1. The molecule has 12 heteroatoms. The Labute approximate surface area is 226 Å². The third kappa shape index (κ3) is 5.76. The van der Waals surface area contributed by atoms with E-state index in [1.165, 1.54) is 38.2 Å². The molecule has 0 spiro atoms. The van der Waals surface area contributed by atoms with Gasteiger partial charge < -0.3 is 24.1 Å². The van der Waals surface area contributed by atoms with Crippen molar-refractivity contribution in [2.45, 2.75) is 30.7 Å². The summed E-state index contributed by atoms with van der Waals surface area (Å²) in [6, 6.07) is 13.1. The van der Waals surface area contributed by atoms with Crippen LogP contribution in [-0.2, 0) is 37.6 Å². The number of aromatic nitrogens is 3. The van der Waals surface area contributed by atoms with Gasteiger partial charge in [0.2, 0.25) is 5.16 Å². The van der Waals surface area contributed by atoms with Crippen molar-refractivity contribution in [3.05, 3.63) is 77.1 Å². The van der Waals surface area contributed by atoms with Gasteiger partial charge >= 0.3 is 11.9 Å². The Morgan fingerprint density at radius 3 is 2.49 bits per heavy atom. The van der Waals surface area contributed by atoms with Gasteiger partial charge in [0, 0.05) is 12.3 Å². The van der Waals surface area contributed by atoms with Crippen molar-refractivity contribution < 1.29 is 37.9 Å². The summed E-state index contributed by atoms with van der Waals surface area (Å²) in [4.78, 5) is 33.8. The smallest absolute Gasteiger partial charge is 0.341 e. The molecule has 204 valence electrons. The van der Waals surface area contributed by atoms with Gasteiger partial charge in [0.1, 0.15) is 0 Å².